The molecule has 2 unspecified atom stereocenters. The maximum atomic E-state index is 12.4. The molecule has 146 valence electrons. The van der Waals surface area contributed by atoms with Gasteiger partial charge in [0, 0.05) is 31.3 Å². The Hall–Kier alpha value is -2.64. The zero-order chi connectivity index (χ0) is 19.8. The van der Waals surface area contributed by atoms with E-state index in [4.69, 9.17) is 0 Å². The van der Waals surface area contributed by atoms with Gasteiger partial charge < -0.3 is 15.3 Å². The lowest BCUT2D eigenvalue weighted by Crippen LogP contribution is -2.39. The molecule has 2 fully saturated rings. The van der Waals surface area contributed by atoms with E-state index in [1.807, 2.05) is 4.90 Å². The zero-order valence-electron chi connectivity index (χ0n) is 15.6. The van der Waals surface area contributed by atoms with Gasteiger partial charge in [-0.05, 0) is 43.2 Å². The van der Waals surface area contributed by atoms with Gasteiger partial charge in [0.15, 0.2) is 0 Å². The summed E-state index contributed by atoms with van der Waals surface area (Å²) in [5, 5.41) is 23.4. The lowest BCUT2D eigenvalue weighted by Gasteiger charge is -2.36. The number of anilines is 1. The van der Waals surface area contributed by atoms with Crippen LogP contribution >= 0.6 is 0 Å². The molecule has 1 aromatic carbocycles. The molecule has 0 radical (unpaired) electrons. The number of benzene rings is 1. The van der Waals surface area contributed by atoms with E-state index in [1.54, 1.807) is 12.1 Å². The zero-order valence-corrected chi connectivity index (χ0v) is 15.6. The minimum atomic E-state index is -0.919. The fourth-order valence-corrected chi connectivity index (χ4v) is 3.91. The van der Waals surface area contributed by atoms with Crippen molar-refractivity contribution >= 4 is 23.3 Å². The summed E-state index contributed by atoms with van der Waals surface area (Å²) in [6.45, 7) is 5.80. The normalized spacial score (nSPS) is 23.6. The van der Waals surface area contributed by atoms with Crippen molar-refractivity contribution in [3.8, 4) is 0 Å². The number of nitrogens with zero attached hydrogens (tertiary/aromatic N) is 2. The molecule has 1 saturated heterocycles. The molecule has 3 rings (SSSR count). The predicted octanol–water partition coefficient (Wildman–Crippen LogP) is 2.67. The Labute approximate surface area is 157 Å². The van der Waals surface area contributed by atoms with Crippen molar-refractivity contribution in [2.45, 2.75) is 33.1 Å². The van der Waals surface area contributed by atoms with E-state index in [0.29, 0.717) is 30.4 Å². The number of carboxylic acid groups (broad SMARTS) is 1. The molecule has 1 heterocycles. The van der Waals surface area contributed by atoms with Crippen LogP contribution < -0.4 is 10.2 Å². The highest BCUT2D eigenvalue weighted by Crippen LogP contribution is 2.45. The van der Waals surface area contributed by atoms with Gasteiger partial charge in [0.05, 0.1) is 10.3 Å². The summed E-state index contributed by atoms with van der Waals surface area (Å²) >= 11 is 0. The van der Waals surface area contributed by atoms with Crippen LogP contribution in [0, 0.1) is 27.4 Å². The molecule has 1 aliphatic heterocycles. The topological polar surface area (TPSA) is 113 Å². The van der Waals surface area contributed by atoms with Crippen molar-refractivity contribution in [3.05, 3.63) is 33.9 Å². The second-order valence-electron chi connectivity index (χ2n) is 8.08. The number of carboxylic acids is 1. The lowest BCUT2D eigenvalue weighted by molar-refractivity contribution is -0.384. The third-order valence-electron chi connectivity index (χ3n) is 5.54. The first-order valence-corrected chi connectivity index (χ1v) is 9.27. The van der Waals surface area contributed by atoms with Gasteiger partial charge in [-0.2, -0.15) is 0 Å². The monoisotopic (exact) mass is 375 g/mol. The van der Waals surface area contributed by atoms with E-state index in [1.165, 1.54) is 6.07 Å². The number of hydrogen-bond acceptors (Lipinski definition) is 5. The molecule has 27 heavy (non-hydrogen) atoms. The molecular weight excluding hydrogens is 350 g/mol. The highest BCUT2D eigenvalue weighted by Gasteiger charge is 2.50. The standard InChI is InChI=1S/C19H25N3O5/c1-12-7-13(2)10-21(9-12)15-4-3-14(8-16(15)22(26)27)17(23)20-11-19(5-6-19)18(24)25/h3-4,8,12-13H,5-7,9-11H2,1-2H3,(H,20,23)(H,24,25). The largest absolute Gasteiger partial charge is 0.481 e. The number of nitrogens with one attached hydrogen (secondary N) is 1. The Bertz CT molecular complexity index is 765. The van der Waals surface area contributed by atoms with Crippen molar-refractivity contribution in [1.29, 1.82) is 0 Å². The number of nitro benzene ring substituents is 1. The van der Waals surface area contributed by atoms with Gasteiger partial charge in [-0.1, -0.05) is 13.8 Å². The summed E-state index contributed by atoms with van der Waals surface area (Å²) in [5.41, 5.74) is -0.269. The van der Waals surface area contributed by atoms with Crippen LogP contribution in [0.2, 0.25) is 0 Å². The Kier molecular flexibility index (Phi) is 5.08. The lowest BCUT2D eigenvalue weighted by atomic mass is 9.91. The Morgan fingerprint density at radius 1 is 1.30 bits per heavy atom. The van der Waals surface area contributed by atoms with Crippen molar-refractivity contribution in [3.63, 3.8) is 0 Å². The van der Waals surface area contributed by atoms with E-state index in [-0.39, 0.29) is 17.8 Å². The smallest absolute Gasteiger partial charge is 0.311 e. The molecule has 0 bridgehead atoms. The molecular formula is C19H25N3O5. The fraction of sp³-hybridized carbons (Fsp3) is 0.579. The maximum Gasteiger partial charge on any atom is 0.311 e. The highest BCUT2D eigenvalue weighted by atomic mass is 16.6. The van der Waals surface area contributed by atoms with Gasteiger partial charge in [-0.15, -0.1) is 0 Å². The average molecular weight is 375 g/mol. The summed E-state index contributed by atoms with van der Waals surface area (Å²) in [6, 6.07) is 4.48. The van der Waals surface area contributed by atoms with Gasteiger partial charge in [-0.3, -0.25) is 19.7 Å². The summed E-state index contributed by atoms with van der Waals surface area (Å²) < 4.78 is 0. The number of nitro groups is 1. The SMILES string of the molecule is CC1CC(C)CN(c2ccc(C(=O)NCC3(C(=O)O)CC3)cc2[N+](=O)[O-])C1. The number of aliphatic carboxylic acids is 1. The van der Waals surface area contributed by atoms with Gasteiger partial charge in [0.25, 0.3) is 11.6 Å². The van der Waals surface area contributed by atoms with Crippen molar-refractivity contribution in [2.75, 3.05) is 24.5 Å². The number of rotatable bonds is 6. The van der Waals surface area contributed by atoms with Gasteiger partial charge in [0.2, 0.25) is 0 Å². The molecule has 0 spiro atoms. The van der Waals surface area contributed by atoms with Gasteiger partial charge >= 0.3 is 5.97 Å². The first kappa shape index (κ1) is 19.1. The number of hydrogen-bond donors (Lipinski definition) is 2. The quantitative estimate of drug-likeness (QED) is 0.584. The highest BCUT2D eigenvalue weighted by molar-refractivity contribution is 5.96. The number of piperidine rings is 1. The summed E-state index contributed by atoms with van der Waals surface area (Å²) in [4.78, 5) is 36.7. The number of carbonyl (C=O) groups excluding carboxylic acids is 1. The number of carbonyl (C=O) groups is 2. The van der Waals surface area contributed by atoms with E-state index in [0.717, 1.165) is 19.5 Å². The van der Waals surface area contributed by atoms with Crippen LogP contribution in [-0.2, 0) is 4.79 Å². The average Bonchev–Trinajstić information content (AvgIpc) is 3.39. The summed E-state index contributed by atoms with van der Waals surface area (Å²) in [5.74, 6) is -0.515. The fourth-order valence-electron chi connectivity index (χ4n) is 3.91. The van der Waals surface area contributed by atoms with Crippen LogP contribution in [0.1, 0.15) is 43.5 Å². The number of amides is 1. The van der Waals surface area contributed by atoms with Crippen molar-refractivity contribution in [1.82, 2.24) is 5.32 Å². The second kappa shape index (κ2) is 7.17. The molecule has 2 atom stereocenters. The Morgan fingerprint density at radius 3 is 2.44 bits per heavy atom. The van der Waals surface area contributed by atoms with Crippen molar-refractivity contribution < 1.29 is 19.6 Å². The first-order chi connectivity index (χ1) is 12.7. The molecule has 8 nitrogen and oxygen atoms in total. The molecule has 1 amide bonds. The third-order valence-corrected chi connectivity index (χ3v) is 5.54. The van der Waals surface area contributed by atoms with Crippen LogP contribution in [0.5, 0.6) is 0 Å². The van der Waals surface area contributed by atoms with Crippen LogP contribution in [-0.4, -0.2) is 41.5 Å². The van der Waals surface area contributed by atoms with E-state index >= 15 is 0 Å². The molecule has 1 saturated carbocycles. The van der Waals surface area contributed by atoms with Crippen LogP contribution in [0.15, 0.2) is 18.2 Å². The first-order valence-electron chi connectivity index (χ1n) is 9.27. The second-order valence-corrected chi connectivity index (χ2v) is 8.08. The van der Waals surface area contributed by atoms with E-state index in [9.17, 15) is 24.8 Å². The molecule has 2 aliphatic rings. The van der Waals surface area contributed by atoms with E-state index in [2.05, 4.69) is 19.2 Å². The summed E-state index contributed by atoms with van der Waals surface area (Å²) in [7, 11) is 0. The Balaban J connectivity index is 1.78. The molecule has 1 aromatic rings. The van der Waals surface area contributed by atoms with Crippen molar-refractivity contribution in [2.24, 2.45) is 17.3 Å². The maximum absolute atomic E-state index is 12.4. The minimum Gasteiger partial charge on any atom is -0.481 e. The molecule has 0 aromatic heterocycles. The van der Waals surface area contributed by atoms with Crippen LogP contribution in [0.3, 0.4) is 0 Å². The van der Waals surface area contributed by atoms with E-state index < -0.39 is 22.2 Å². The van der Waals surface area contributed by atoms with Gasteiger partial charge in [-0.25, -0.2) is 0 Å². The predicted molar refractivity (Wildman–Crippen MR) is 99.9 cm³/mol. The third kappa shape index (κ3) is 4.04. The minimum absolute atomic E-state index is 0.0396. The summed E-state index contributed by atoms with van der Waals surface area (Å²) in [6.07, 6.45) is 2.16. The van der Waals surface area contributed by atoms with Gasteiger partial charge in [0.1, 0.15) is 5.69 Å². The van der Waals surface area contributed by atoms with Crippen LogP contribution in [0.25, 0.3) is 0 Å². The van der Waals surface area contributed by atoms with Crippen LogP contribution in [0.4, 0.5) is 11.4 Å². The molecule has 2 N–H and O–H groups in total. The molecule has 1 aliphatic carbocycles. The Morgan fingerprint density at radius 2 is 1.93 bits per heavy atom. The molecule has 8 heteroatoms.